The lowest BCUT2D eigenvalue weighted by molar-refractivity contribution is -0.147. The van der Waals surface area contributed by atoms with Gasteiger partial charge < -0.3 is 31.3 Å². The summed E-state index contributed by atoms with van der Waals surface area (Å²) >= 11 is 5.94. The van der Waals surface area contributed by atoms with E-state index in [1.807, 2.05) is 0 Å². The molecule has 1 saturated carbocycles. The third-order valence-electron chi connectivity index (χ3n) is 6.45. The van der Waals surface area contributed by atoms with Gasteiger partial charge >= 0.3 is 0 Å². The summed E-state index contributed by atoms with van der Waals surface area (Å²) in [6.45, 7) is -0.419. The van der Waals surface area contributed by atoms with E-state index < -0.39 is 58.6 Å². The van der Waals surface area contributed by atoms with Crippen molar-refractivity contribution in [1.82, 2.24) is 0 Å². The topological polar surface area (TPSA) is 178 Å². The van der Waals surface area contributed by atoms with Crippen molar-refractivity contribution >= 4 is 40.9 Å². The monoisotopic (exact) mass is 461 g/mol. The van der Waals surface area contributed by atoms with Gasteiger partial charge in [-0.25, -0.2) is 0 Å². The first-order valence-corrected chi connectivity index (χ1v) is 10.2. The van der Waals surface area contributed by atoms with Crippen LogP contribution in [0, 0.1) is 11.8 Å². The minimum atomic E-state index is -2.59. The molecular formula is C22H20ClNO8. The Morgan fingerprint density at radius 3 is 2.53 bits per heavy atom. The largest absolute Gasteiger partial charge is 0.508 e. The molecule has 1 fully saturated rings. The predicted molar refractivity (Wildman–Crippen MR) is 112 cm³/mol. The molecule has 0 aliphatic heterocycles. The minimum Gasteiger partial charge on any atom is -0.508 e. The van der Waals surface area contributed by atoms with Crippen LogP contribution in [0.3, 0.4) is 0 Å². The van der Waals surface area contributed by atoms with Gasteiger partial charge in [0.15, 0.2) is 11.4 Å². The molecule has 1 aromatic carbocycles. The van der Waals surface area contributed by atoms with Gasteiger partial charge in [0.25, 0.3) is 5.91 Å². The van der Waals surface area contributed by atoms with Gasteiger partial charge in [0.2, 0.25) is 5.78 Å². The van der Waals surface area contributed by atoms with Crippen molar-refractivity contribution in [3.05, 3.63) is 50.8 Å². The molecule has 32 heavy (non-hydrogen) atoms. The summed E-state index contributed by atoms with van der Waals surface area (Å²) in [4.78, 5) is 37.3. The molecule has 3 aliphatic rings. The van der Waals surface area contributed by atoms with Gasteiger partial charge in [0.1, 0.15) is 22.8 Å². The van der Waals surface area contributed by atoms with E-state index in [2.05, 4.69) is 0 Å². The highest BCUT2D eigenvalue weighted by atomic mass is 35.5. The fourth-order valence-electron chi connectivity index (χ4n) is 5.00. The molecule has 0 heterocycles. The highest BCUT2D eigenvalue weighted by Crippen LogP contribution is 2.52. The zero-order chi connectivity index (χ0) is 23.5. The van der Waals surface area contributed by atoms with E-state index in [1.54, 1.807) is 6.07 Å². The number of rotatable bonds is 3. The molecular weight excluding hydrogens is 442 g/mol. The Kier molecular flexibility index (Phi) is 5.15. The molecule has 2 unspecified atom stereocenters. The number of phenols is 1. The molecule has 168 valence electrons. The Morgan fingerprint density at radius 1 is 1.22 bits per heavy atom. The van der Waals surface area contributed by atoms with Crippen LogP contribution in [-0.2, 0) is 20.8 Å². The van der Waals surface area contributed by atoms with Gasteiger partial charge in [-0.05, 0) is 42.0 Å². The molecule has 4 rings (SSSR count). The number of fused-ring (bicyclic) bond motifs is 3. The van der Waals surface area contributed by atoms with Crippen molar-refractivity contribution in [3.8, 4) is 5.75 Å². The molecule has 3 aliphatic carbocycles. The second kappa shape index (κ2) is 7.47. The minimum absolute atomic E-state index is 0.0340. The number of amides is 1. The van der Waals surface area contributed by atoms with E-state index in [-0.39, 0.29) is 41.2 Å². The van der Waals surface area contributed by atoms with Crippen LogP contribution >= 0.6 is 11.6 Å². The number of aromatic hydroxyl groups is 1. The van der Waals surface area contributed by atoms with Crippen LogP contribution in [0.15, 0.2) is 34.1 Å². The van der Waals surface area contributed by atoms with E-state index in [0.717, 1.165) is 0 Å². The van der Waals surface area contributed by atoms with Crippen molar-refractivity contribution in [2.24, 2.45) is 17.6 Å². The van der Waals surface area contributed by atoms with E-state index in [4.69, 9.17) is 17.3 Å². The first kappa shape index (κ1) is 22.1. The van der Waals surface area contributed by atoms with Gasteiger partial charge in [-0.1, -0.05) is 17.7 Å². The normalized spacial score (nSPS) is 27.8. The second-order valence-electron chi connectivity index (χ2n) is 8.18. The lowest BCUT2D eigenvalue weighted by atomic mass is 9.59. The van der Waals surface area contributed by atoms with Crippen LogP contribution < -0.4 is 5.73 Å². The Hall–Kier alpha value is -3.14. The average Bonchev–Trinajstić information content (AvgIpc) is 2.72. The number of ketones is 2. The number of halogens is 1. The van der Waals surface area contributed by atoms with Gasteiger partial charge in [0.05, 0.1) is 12.2 Å². The third-order valence-corrected chi connectivity index (χ3v) is 6.68. The molecule has 0 bridgehead atoms. The van der Waals surface area contributed by atoms with Gasteiger partial charge in [0, 0.05) is 22.9 Å². The number of carbonyl (C=O) groups excluding carboxylic acids is 3. The average molecular weight is 462 g/mol. The maximum atomic E-state index is 13.4. The molecule has 0 aromatic heterocycles. The summed E-state index contributed by atoms with van der Waals surface area (Å²) in [6, 6.07) is 2.83. The van der Waals surface area contributed by atoms with Gasteiger partial charge in [-0.3, -0.25) is 14.4 Å². The van der Waals surface area contributed by atoms with Crippen LogP contribution in [0.5, 0.6) is 5.75 Å². The zero-order valence-corrected chi connectivity index (χ0v) is 17.4. The molecule has 10 heteroatoms. The van der Waals surface area contributed by atoms with Crippen molar-refractivity contribution in [3.63, 3.8) is 0 Å². The number of Topliss-reactive ketones (excluding diaryl/α,β-unsaturated/α-hetero) is 2. The molecule has 3 atom stereocenters. The molecule has 1 aromatic rings. The Labute approximate surface area is 186 Å². The number of primary amides is 1. The Morgan fingerprint density at radius 2 is 1.91 bits per heavy atom. The highest BCUT2D eigenvalue weighted by Gasteiger charge is 2.60. The van der Waals surface area contributed by atoms with Crippen LogP contribution in [0.4, 0.5) is 0 Å². The van der Waals surface area contributed by atoms with E-state index in [1.165, 1.54) is 12.1 Å². The maximum Gasteiger partial charge on any atom is 0.255 e. The van der Waals surface area contributed by atoms with Crippen molar-refractivity contribution in [2.45, 2.75) is 24.9 Å². The molecule has 1 amide bonds. The Bertz CT molecular complexity index is 1180. The van der Waals surface area contributed by atoms with Crippen molar-refractivity contribution in [1.29, 1.82) is 0 Å². The first-order valence-electron chi connectivity index (χ1n) is 9.81. The van der Waals surface area contributed by atoms with Crippen LogP contribution in [0.1, 0.15) is 29.5 Å². The number of phenolic OH excluding ortho intramolecular Hbond substituents is 1. The molecule has 0 spiro atoms. The number of carbonyl (C=O) groups is 3. The number of aliphatic hydroxyl groups excluding tert-OH is 3. The zero-order valence-electron chi connectivity index (χ0n) is 16.6. The second-order valence-corrected chi connectivity index (χ2v) is 8.67. The standard InChI is InChI=1S/C22H20ClNO8/c23-11(7-25)4-8-1-2-13(26)16-12(8)5-9-3-10-6-14(27)17(21(24)31)20(30)22(10,32)19(29)15(9)18(16)28/h1-2,4,9-10,25-26,28,30,32H,3,5-7H2,(H2,24,31)/b11-4-/t9?,10?,22-/m0/s1. The van der Waals surface area contributed by atoms with Crippen LogP contribution in [-0.4, -0.2) is 55.2 Å². The number of benzene rings is 1. The van der Waals surface area contributed by atoms with E-state index in [0.29, 0.717) is 11.1 Å². The third kappa shape index (κ3) is 2.96. The van der Waals surface area contributed by atoms with E-state index in [9.17, 15) is 39.9 Å². The van der Waals surface area contributed by atoms with Crippen molar-refractivity contribution < 1.29 is 39.9 Å². The summed E-state index contributed by atoms with van der Waals surface area (Å²) in [5, 5.41) is 52.4. The summed E-state index contributed by atoms with van der Waals surface area (Å²) in [7, 11) is 0. The molecule has 9 nitrogen and oxygen atoms in total. The van der Waals surface area contributed by atoms with Gasteiger partial charge in [-0.15, -0.1) is 0 Å². The fourth-order valence-corrected chi connectivity index (χ4v) is 5.11. The summed E-state index contributed by atoms with van der Waals surface area (Å²) in [5.74, 6) is -6.79. The summed E-state index contributed by atoms with van der Waals surface area (Å²) in [5.41, 5.74) is 2.46. The fraction of sp³-hybridized carbons (Fsp3) is 0.318. The van der Waals surface area contributed by atoms with E-state index >= 15 is 0 Å². The molecule has 0 saturated heterocycles. The number of hydrogen-bond donors (Lipinski definition) is 6. The van der Waals surface area contributed by atoms with Crippen molar-refractivity contribution in [2.75, 3.05) is 6.61 Å². The summed E-state index contributed by atoms with van der Waals surface area (Å²) < 4.78 is 0. The lowest BCUT2D eigenvalue weighted by Crippen LogP contribution is -2.58. The predicted octanol–water partition coefficient (Wildman–Crippen LogP) is 0.996. The number of hydrogen-bond acceptors (Lipinski definition) is 8. The molecule has 7 N–H and O–H groups in total. The lowest BCUT2D eigenvalue weighted by Gasteiger charge is -2.46. The number of nitrogens with two attached hydrogens (primary N) is 1. The number of aliphatic hydroxyl groups is 4. The highest BCUT2D eigenvalue weighted by molar-refractivity contribution is 6.31. The maximum absolute atomic E-state index is 13.4. The van der Waals surface area contributed by atoms with Crippen LogP contribution in [0.25, 0.3) is 11.8 Å². The van der Waals surface area contributed by atoms with Crippen LogP contribution in [0.2, 0.25) is 0 Å². The smallest absolute Gasteiger partial charge is 0.255 e. The van der Waals surface area contributed by atoms with Gasteiger partial charge in [-0.2, -0.15) is 0 Å². The Balaban J connectivity index is 1.93. The summed E-state index contributed by atoms with van der Waals surface area (Å²) in [6.07, 6.45) is 1.28. The SMILES string of the molecule is NC(=O)C1=C(O)[C@@]2(O)C(=O)C3=C(O)c4c(O)ccc(/C=C(\Cl)CO)c4CC3CC2CC1=O. The first-order chi connectivity index (χ1) is 15.0. The molecule has 0 radical (unpaired) electrons. The quantitative estimate of drug-likeness (QED) is 0.361.